The van der Waals surface area contributed by atoms with Crippen molar-refractivity contribution >= 4 is 21.6 Å². The molecule has 0 atom stereocenters. The highest BCUT2D eigenvalue weighted by atomic mass is 79.9. The maximum atomic E-state index is 5.96. The summed E-state index contributed by atoms with van der Waals surface area (Å²) in [5.74, 6) is 0. The number of hydrogen-bond donors (Lipinski definition) is 1. The molecule has 2 N–H and O–H groups in total. The molecule has 0 saturated heterocycles. The second-order valence-corrected chi connectivity index (χ2v) is 7.80. The molecule has 114 valence electrons. The van der Waals surface area contributed by atoms with Crippen LogP contribution in [-0.2, 0) is 5.41 Å². The molecule has 4 heteroatoms. The van der Waals surface area contributed by atoms with Gasteiger partial charge in [0.1, 0.15) is 5.65 Å². The Morgan fingerprint density at radius 1 is 1.33 bits per heavy atom. The number of rotatable bonds is 3. The van der Waals surface area contributed by atoms with Crippen molar-refractivity contribution in [3.63, 3.8) is 0 Å². The first-order valence-corrected chi connectivity index (χ1v) is 8.64. The highest BCUT2D eigenvalue weighted by Gasteiger charge is 2.41. The van der Waals surface area contributed by atoms with Crippen LogP contribution in [0.2, 0.25) is 0 Å². The number of imidazole rings is 1. The van der Waals surface area contributed by atoms with Gasteiger partial charge in [-0.25, -0.2) is 4.98 Å². The third kappa shape index (κ3) is 2.64. The van der Waals surface area contributed by atoms with Gasteiger partial charge in [0.25, 0.3) is 0 Å². The van der Waals surface area contributed by atoms with Gasteiger partial charge in [-0.15, -0.1) is 0 Å². The lowest BCUT2D eigenvalue weighted by atomic mass is 9.62. The Balaban J connectivity index is 1.95. The molecule has 1 aliphatic carbocycles. The fourth-order valence-electron chi connectivity index (χ4n) is 3.54. The summed E-state index contributed by atoms with van der Waals surface area (Å²) in [5.41, 5.74) is 8.79. The van der Waals surface area contributed by atoms with Crippen molar-refractivity contribution in [2.75, 3.05) is 6.54 Å². The molecule has 0 radical (unpaired) electrons. The van der Waals surface area contributed by atoms with Crippen molar-refractivity contribution in [2.45, 2.75) is 51.4 Å². The molecule has 2 aromatic rings. The van der Waals surface area contributed by atoms with Gasteiger partial charge in [0, 0.05) is 22.3 Å². The van der Waals surface area contributed by atoms with E-state index in [0.29, 0.717) is 5.41 Å². The van der Waals surface area contributed by atoms with E-state index in [1.807, 2.05) is 0 Å². The van der Waals surface area contributed by atoms with E-state index in [2.05, 4.69) is 58.7 Å². The summed E-state index contributed by atoms with van der Waals surface area (Å²) in [5, 5.41) is 0. The number of pyridine rings is 1. The van der Waals surface area contributed by atoms with E-state index in [4.69, 9.17) is 10.7 Å². The number of hydrogen-bond acceptors (Lipinski definition) is 2. The first-order valence-electron chi connectivity index (χ1n) is 7.85. The molecule has 0 bridgehead atoms. The Labute approximate surface area is 135 Å². The third-order valence-electron chi connectivity index (χ3n) is 5.55. The highest BCUT2D eigenvalue weighted by Crippen LogP contribution is 2.48. The molecule has 2 aromatic heterocycles. The van der Waals surface area contributed by atoms with E-state index in [-0.39, 0.29) is 5.41 Å². The normalized spacial score (nSPS) is 29.9. The summed E-state index contributed by atoms with van der Waals surface area (Å²) in [4.78, 5) is 4.92. The van der Waals surface area contributed by atoms with Crippen LogP contribution in [0.1, 0.15) is 51.6 Å². The van der Waals surface area contributed by atoms with E-state index in [9.17, 15) is 0 Å². The second kappa shape index (κ2) is 5.40. The zero-order chi connectivity index (χ0) is 15.1. The molecule has 0 aromatic carbocycles. The van der Waals surface area contributed by atoms with Crippen molar-refractivity contribution < 1.29 is 0 Å². The fourth-order valence-corrected chi connectivity index (χ4v) is 3.86. The van der Waals surface area contributed by atoms with Crippen molar-refractivity contribution in [3.05, 3.63) is 34.7 Å². The molecule has 0 unspecified atom stereocenters. The zero-order valence-corrected chi connectivity index (χ0v) is 14.5. The van der Waals surface area contributed by atoms with Crippen LogP contribution >= 0.6 is 15.9 Å². The number of fused-ring (bicyclic) bond motifs is 1. The summed E-state index contributed by atoms with van der Waals surface area (Å²) in [7, 11) is 0. The predicted molar refractivity (Wildman–Crippen MR) is 90.5 cm³/mol. The van der Waals surface area contributed by atoms with E-state index in [1.54, 1.807) is 0 Å². The van der Waals surface area contributed by atoms with E-state index >= 15 is 0 Å². The van der Waals surface area contributed by atoms with Gasteiger partial charge in [0.2, 0.25) is 0 Å². The van der Waals surface area contributed by atoms with Crippen LogP contribution in [0.25, 0.3) is 5.65 Å². The van der Waals surface area contributed by atoms with E-state index in [1.165, 1.54) is 31.4 Å². The van der Waals surface area contributed by atoms with E-state index in [0.717, 1.165) is 23.1 Å². The molecule has 1 fully saturated rings. The smallest absolute Gasteiger partial charge is 0.138 e. The average molecular weight is 350 g/mol. The van der Waals surface area contributed by atoms with Gasteiger partial charge >= 0.3 is 0 Å². The first kappa shape index (κ1) is 15.0. The summed E-state index contributed by atoms with van der Waals surface area (Å²) in [6.07, 6.45) is 10.2. The van der Waals surface area contributed by atoms with Gasteiger partial charge in [-0.1, -0.05) is 29.8 Å². The Morgan fingerprint density at radius 2 is 2.05 bits per heavy atom. The topological polar surface area (TPSA) is 43.3 Å². The predicted octanol–water partition coefficient (Wildman–Crippen LogP) is 4.28. The number of halogens is 1. The molecule has 0 aliphatic heterocycles. The van der Waals surface area contributed by atoms with Crippen LogP contribution in [0, 0.1) is 5.41 Å². The minimum absolute atomic E-state index is 0.229. The lowest BCUT2D eigenvalue weighted by Gasteiger charge is -2.43. The molecule has 21 heavy (non-hydrogen) atoms. The molecule has 1 aliphatic rings. The minimum Gasteiger partial charge on any atom is -0.330 e. The summed E-state index contributed by atoms with van der Waals surface area (Å²) in [6.45, 7) is 5.42. The van der Waals surface area contributed by atoms with Crippen molar-refractivity contribution in [1.82, 2.24) is 9.38 Å². The molecule has 3 rings (SSSR count). The number of nitrogens with zero attached hydrogens (tertiary/aromatic N) is 2. The van der Waals surface area contributed by atoms with Gasteiger partial charge in [-0.05, 0) is 56.2 Å². The van der Waals surface area contributed by atoms with Gasteiger partial charge in [-0.3, -0.25) is 0 Å². The molecular weight excluding hydrogens is 326 g/mol. The maximum Gasteiger partial charge on any atom is 0.138 e. The van der Waals surface area contributed by atoms with Gasteiger partial charge in [-0.2, -0.15) is 0 Å². The van der Waals surface area contributed by atoms with Crippen molar-refractivity contribution in [1.29, 1.82) is 0 Å². The summed E-state index contributed by atoms with van der Waals surface area (Å²) < 4.78 is 3.21. The molecular formula is C17H24BrN3. The maximum absolute atomic E-state index is 5.96. The van der Waals surface area contributed by atoms with Crippen LogP contribution in [0.5, 0.6) is 0 Å². The Bertz CT molecular complexity index is 639. The molecule has 1 saturated carbocycles. The standard InChI is InChI=1S/C17H24BrN3/c1-3-17(7-5-16(2,12-19)6-8-17)14-11-21-9-4-13(18)10-15(21)20-14/h4,9-11H,3,5-8,12,19H2,1-2H3. The average Bonchev–Trinajstić information content (AvgIpc) is 2.92. The monoisotopic (exact) mass is 349 g/mol. The fraction of sp³-hybridized carbons (Fsp3) is 0.588. The molecule has 0 spiro atoms. The van der Waals surface area contributed by atoms with Crippen LogP contribution in [0.4, 0.5) is 0 Å². The lowest BCUT2D eigenvalue weighted by molar-refractivity contribution is 0.145. The van der Waals surface area contributed by atoms with Crippen LogP contribution in [0.3, 0.4) is 0 Å². The second-order valence-electron chi connectivity index (χ2n) is 6.89. The number of aromatic nitrogens is 2. The SMILES string of the molecule is CCC1(c2cn3ccc(Br)cc3n2)CCC(C)(CN)CC1. The van der Waals surface area contributed by atoms with Gasteiger partial charge < -0.3 is 10.1 Å². The lowest BCUT2D eigenvalue weighted by Crippen LogP contribution is -2.39. The quantitative estimate of drug-likeness (QED) is 0.898. The van der Waals surface area contributed by atoms with Crippen molar-refractivity contribution in [2.24, 2.45) is 11.1 Å². The molecule has 0 amide bonds. The van der Waals surface area contributed by atoms with E-state index < -0.39 is 0 Å². The first-order chi connectivity index (χ1) is 10.0. The highest BCUT2D eigenvalue weighted by molar-refractivity contribution is 9.10. The van der Waals surface area contributed by atoms with Crippen molar-refractivity contribution in [3.8, 4) is 0 Å². The summed E-state index contributed by atoms with van der Waals surface area (Å²) >= 11 is 3.53. The largest absolute Gasteiger partial charge is 0.330 e. The van der Waals surface area contributed by atoms with Crippen LogP contribution in [0.15, 0.2) is 29.0 Å². The zero-order valence-electron chi connectivity index (χ0n) is 12.9. The number of nitrogens with two attached hydrogens (primary N) is 1. The Hall–Kier alpha value is -0.870. The van der Waals surface area contributed by atoms with Crippen LogP contribution in [-0.4, -0.2) is 15.9 Å². The Kier molecular flexibility index (Phi) is 3.87. The van der Waals surface area contributed by atoms with Crippen LogP contribution < -0.4 is 5.73 Å². The molecule has 2 heterocycles. The van der Waals surface area contributed by atoms with Gasteiger partial charge in [0.15, 0.2) is 0 Å². The minimum atomic E-state index is 0.229. The third-order valence-corrected chi connectivity index (χ3v) is 6.04. The summed E-state index contributed by atoms with van der Waals surface area (Å²) in [6, 6.07) is 4.14. The Morgan fingerprint density at radius 3 is 2.67 bits per heavy atom. The van der Waals surface area contributed by atoms with Gasteiger partial charge in [0.05, 0.1) is 5.69 Å². The molecule has 3 nitrogen and oxygen atoms in total.